The van der Waals surface area contributed by atoms with E-state index in [0.29, 0.717) is 20.3 Å². The minimum atomic E-state index is -3.24. The van der Waals surface area contributed by atoms with Gasteiger partial charge in [0.1, 0.15) is 19.8 Å². The van der Waals surface area contributed by atoms with Gasteiger partial charge in [-0.15, -0.1) is 0 Å². The molecule has 46 heavy (non-hydrogen) atoms. The molecule has 4 atom stereocenters. The number of ether oxygens (including phenoxy) is 6. The Balaban J connectivity index is 1.64. The van der Waals surface area contributed by atoms with Crippen molar-refractivity contribution in [2.75, 3.05) is 6.61 Å². The first-order chi connectivity index (χ1) is 21.8. The van der Waals surface area contributed by atoms with Crippen LogP contribution in [0.2, 0.25) is 0 Å². The zero-order valence-electron chi connectivity index (χ0n) is 25.2. The lowest BCUT2D eigenvalue weighted by molar-refractivity contribution is -0.210. The van der Waals surface area contributed by atoms with Gasteiger partial charge in [-0.25, -0.2) is 23.3 Å². The zero-order valence-corrected chi connectivity index (χ0v) is 25.2. The molecule has 14 nitrogen and oxygen atoms in total. The summed E-state index contributed by atoms with van der Waals surface area (Å²) < 4.78 is 48.5. The van der Waals surface area contributed by atoms with Gasteiger partial charge in [-0.2, -0.15) is 0 Å². The maximum Gasteiger partial charge on any atom is 0.509 e. The summed E-state index contributed by atoms with van der Waals surface area (Å²) in [5, 5.41) is 9.97. The summed E-state index contributed by atoms with van der Waals surface area (Å²) in [5.41, 5.74) is -1.85. The van der Waals surface area contributed by atoms with Gasteiger partial charge in [0, 0.05) is 12.3 Å². The van der Waals surface area contributed by atoms with Crippen molar-refractivity contribution in [3.63, 3.8) is 0 Å². The molecule has 0 saturated carbocycles. The number of aromatic nitrogens is 2. The summed E-state index contributed by atoms with van der Waals surface area (Å²) in [4.78, 5) is 63.7. The molecular weight excluding hydrogens is 611 g/mol. The van der Waals surface area contributed by atoms with E-state index in [0.717, 1.165) is 12.3 Å². The van der Waals surface area contributed by atoms with Crippen LogP contribution in [0.25, 0.3) is 0 Å². The van der Waals surface area contributed by atoms with Crippen LogP contribution in [0, 0.1) is 5.41 Å². The van der Waals surface area contributed by atoms with Gasteiger partial charge in [0.25, 0.3) is 11.4 Å². The van der Waals surface area contributed by atoms with E-state index in [1.807, 2.05) is 0 Å². The Kier molecular flexibility index (Phi) is 10.6. The van der Waals surface area contributed by atoms with E-state index in [-0.39, 0.29) is 13.2 Å². The van der Waals surface area contributed by atoms with E-state index in [2.05, 4.69) is 0 Å². The third-order valence-electron chi connectivity index (χ3n) is 6.70. The molecule has 15 heteroatoms. The molecule has 0 spiro atoms. The zero-order chi connectivity index (χ0) is 33.5. The van der Waals surface area contributed by atoms with Gasteiger partial charge in [-0.05, 0) is 31.9 Å². The predicted molar refractivity (Wildman–Crippen MR) is 155 cm³/mol. The second-order valence-electron chi connectivity index (χ2n) is 11.2. The number of nitrogens with zero attached hydrogens (tertiary/aromatic N) is 2. The third-order valence-corrected chi connectivity index (χ3v) is 6.70. The van der Waals surface area contributed by atoms with Crippen LogP contribution in [0.5, 0.6) is 0 Å². The highest BCUT2D eigenvalue weighted by molar-refractivity contribution is 5.75. The fourth-order valence-electron chi connectivity index (χ4n) is 4.25. The van der Waals surface area contributed by atoms with Crippen LogP contribution in [0.1, 0.15) is 38.1 Å². The molecule has 3 aromatic rings. The lowest BCUT2D eigenvalue weighted by Crippen LogP contribution is -2.48. The standard InChI is InChI=1S/C31H33FN2O12/c1-30(2,3)26(37)43-19-34-22(36)14-15-33(27(34)38)25-23(44-28(39)41-16-20-10-6-4-7-11-20)24(31(32,18-35)46-25)45-29(40)42-17-21-12-8-5-9-13-21/h4-15,23-25,35H,16-19H2,1-3H3/t23-,24+,25-,31-/m1/s1. The second-order valence-corrected chi connectivity index (χ2v) is 11.2. The SMILES string of the molecule is CC(C)(C)C(=O)OCn1c(=O)ccn([C@@H]2O[C@](F)(CO)[C@@H](OC(=O)OCc3ccccc3)[C@H]2OC(=O)OCc2ccccc2)c1=O. The van der Waals surface area contributed by atoms with E-state index in [4.69, 9.17) is 28.4 Å². The highest BCUT2D eigenvalue weighted by atomic mass is 19.2. The fraction of sp³-hybridized carbons (Fsp3) is 0.387. The Morgan fingerprint density at radius 2 is 1.41 bits per heavy atom. The van der Waals surface area contributed by atoms with Crippen molar-refractivity contribution >= 4 is 18.3 Å². The summed E-state index contributed by atoms with van der Waals surface area (Å²) in [6.45, 7) is 1.94. The quantitative estimate of drug-likeness (QED) is 0.253. The molecule has 1 aliphatic heterocycles. The van der Waals surface area contributed by atoms with Crippen molar-refractivity contribution in [2.24, 2.45) is 5.41 Å². The predicted octanol–water partition coefficient (Wildman–Crippen LogP) is 3.19. The Morgan fingerprint density at radius 1 is 0.870 bits per heavy atom. The fourth-order valence-corrected chi connectivity index (χ4v) is 4.25. The Labute approximate surface area is 261 Å². The van der Waals surface area contributed by atoms with Crippen molar-refractivity contribution in [3.05, 3.63) is 105 Å². The largest absolute Gasteiger partial charge is 0.509 e. The number of aliphatic hydroxyl groups is 1. The first-order valence-electron chi connectivity index (χ1n) is 14.0. The van der Waals surface area contributed by atoms with E-state index in [9.17, 15) is 29.1 Å². The molecule has 2 heterocycles. The minimum absolute atomic E-state index is 0.257. The van der Waals surface area contributed by atoms with Crippen LogP contribution < -0.4 is 11.2 Å². The van der Waals surface area contributed by atoms with E-state index in [1.54, 1.807) is 81.4 Å². The molecule has 1 aliphatic rings. The van der Waals surface area contributed by atoms with Crippen molar-refractivity contribution in [1.82, 2.24) is 9.13 Å². The van der Waals surface area contributed by atoms with Gasteiger partial charge >= 0.3 is 24.0 Å². The van der Waals surface area contributed by atoms with Crippen molar-refractivity contribution in [1.29, 1.82) is 0 Å². The average molecular weight is 645 g/mol. The first kappa shape index (κ1) is 33.9. The third kappa shape index (κ3) is 8.17. The lowest BCUT2D eigenvalue weighted by atomic mass is 9.98. The molecule has 0 unspecified atom stereocenters. The number of hydrogen-bond acceptors (Lipinski definition) is 12. The number of aliphatic hydroxyl groups excluding tert-OH is 1. The van der Waals surface area contributed by atoms with Crippen LogP contribution in [0.4, 0.5) is 14.0 Å². The maximum absolute atomic E-state index is 16.1. The first-order valence-corrected chi connectivity index (χ1v) is 14.0. The lowest BCUT2D eigenvalue weighted by Gasteiger charge is -2.25. The number of alkyl halides is 1. The number of carbonyl (C=O) groups is 3. The highest BCUT2D eigenvalue weighted by Gasteiger charge is 2.62. The van der Waals surface area contributed by atoms with Crippen LogP contribution in [-0.4, -0.2) is 57.2 Å². The van der Waals surface area contributed by atoms with Crippen molar-refractivity contribution in [3.8, 4) is 0 Å². The number of rotatable bonds is 10. The maximum atomic E-state index is 16.1. The summed E-state index contributed by atoms with van der Waals surface area (Å²) >= 11 is 0. The summed E-state index contributed by atoms with van der Waals surface area (Å²) in [5.74, 6) is -3.96. The number of halogens is 1. The second kappa shape index (κ2) is 14.4. The molecule has 0 bridgehead atoms. The number of carbonyl (C=O) groups excluding carboxylic acids is 3. The van der Waals surface area contributed by atoms with Gasteiger partial charge in [0.15, 0.2) is 19.1 Å². The Morgan fingerprint density at radius 3 is 1.93 bits per heavy atom. The molecule has 0 radical (unpaired) electrons. The number of benzene rings is 2. The summed E-state index contributed by atoms with van der Waals surface area (Å²) in [7, 11) is 0. The summed E-state index contributed by atoms with van der Waals surface area (Å²) in [6.07, 6.45) is -7.95. The molecule has 1 fully saturated rings. The van der Waals surface area contributed by atoms with Gasteiger partial charge in [0.2, 0.25) is 6.10 Å². The van der Waals surface area contributed by atoms with E-state index >= 15 is 4.39 Å². The van der Waals surface area contributed by atoms with Crippen LogP contribution in [-0.2, 0) is 53.2 Å². The Bertz CT molecular complexity index is 1640. The summed E-state index contributed by atoms with van der Waals surface area (Å²) in [6, 6.07) is 17.8. The highest BCUT2D eigenvalue weighted by Crippen LogP contribution is 2.41. The molecule has 1 aromatic heterocycles. The molecule has 2 aromatic carbocycles. The molecule has 246 valence electrons. The van der Waals surface area contributed by atoms with Crippen LogP contribution in [0.3, 0.4) is 0 Å². The minimum Gasteiger partial charge on any atom is -0.443 e. The topological polar surface area (TPSA) is 171 Å². The molecule has 1 N–H and O–H groups in total. The van der Waals surface area contributed by atoms with E-state index in [1.165, 1.54) is 0 Å². The van der Waals surface area contributed by atoms with Gasteiger partial charge in [-0.3, -0.25) is 14.2 Å². The van der Waals surface area contributed by atoms with Crippen molar-refractivity contribution < 1.29 is 52.3 Å². The number of hydrogen-bond donors (Lipinski definition) is 1. The van der Waals surface area contributed by atoms with Crippen LogP contribution >= 0.6 is 0 Å². The number of esters is 1. The molecule has 1 saturated heterocycles. The van der Waals surface area contributed by atoms with Gasteiger partial charge in [0.05, 0.1) is 5.41 Å². The smallest absolute Gasteiger partial charge is 0.443 e. The van der Waals surface area contributed by atoms with Crippen molar-refractivity contribution in [2.45, 2.75) is 65.0 Å². The molecule has 4 rings (SSSR count). The molecule has 0 aliphatic carbocycles. The monoisotopic (exact) mass is 644 g/mol. The molecule has 0 amide bonds. The van der Waals surface area contributed by atoms with Gasteiger partial charge in [-0.1, -0.05) is 60.7 Å². The van der Waals surface area contributed by atoms with E-state index < -0.39 is 72.6 Å². The van der Waals surface area contributed by atoms with Gasteiger partial charge < -0.3 is 33.5 Å². The molecular formula is C31H33FN2O12. The van der Waals surface area contributed by atoms with Crippen LogP contribution in [0.15, 0.2) is 82.5 Å². The average Bonchev–Trinajstić information content (AvgIpc) is 3.30. The normalized spacial score (nSPS) is 20.8. The Hall–Kier alpha value is -5.02.